The molecular weight excluding hydrogens is 188 g/mol. The van der Waals surface area contributed by atoms with Crippen molar-refractivity contribution in [2.75, 3.05) is 19.7 Å². The summed E-state index contributed by atoms with van der Waals surface area (Å²) < 4.78 is 5.61. The van der Waals surface area contributed by atoms with E-state index < -0.39 is 0 Å². The largest absolute Gasteiger partial charge is 0.377 e. The number of ether oxygens (including phenoxy) is 1. The van der Waals surface area contributed by atoms with Gasteiger partial charge in [0.1, 0.15) is 0 Å². The van der Waals surface area contributed by atoms with Crippen molar-refractivity contribution in [2.24, 2.45) is 5.92 Å². The predicted molar refractivity (Wildman–Crippen MR) is 59.5 cm³/mol. The van der Waals surface area contributed by atoms with Crippen LogP contribution in [0.15, 0.2) is 24.5 Å². The number of rotatable bonds is 5. The molecule has 1 atom stereocenters. The van der Waals surface area contributed by atoms with Gasteiger partial charge in [0.2, 0.25) is 0 Å². The summed E-state index contributed by atoms with van der Waals surface area (Å²) in [6, 6.07) is 3.99. The van der Waals surface area contributed by atoms with Crippen LogP contribution in [0.5, 0.6) is 0 Å². The lowest BCUT2D eigenvalue weighted by Gasteiger charge is -2.08. The van der Waals surface area contributed by atoms with Crippen molar-refractivity contribution in [3.63, 3.8) is 0 Å². The minimum absolute atomic E-state index is 0.688. The molecule has 15 heavy (non-hydrogen) atoms. The standard InChI is InChI=1S/C12H18N2O/c1-2-12(9-13-5-1)10-15-7-4-11-3-6-14-8-11/h1-2,5,9,11,14H,3-4,6-8,10H2. The molecule has 1 N–H and O–H groups in total. The second kappa shape index (κ2) is 5.83. The molecule has 0 amide bonds. The van der Waals surface area contributed by atoms with Gasteiger partial charge in [0.05, 0.1) is 6.61 Å². The van der Waals surface area contributed by atoms with E-state index in [-0.39, 0.29) is 0 Å². The summed E-state index contributed by atoms with van der Waals surface area (Å²) in [4.78, 5) is 4.05. The lowest BCUT2D eigenvalue weighted by atomic mass is 10.1. The summed E-state index contributed by atoms with van der Waals surface area (Å²) in [6.07, 6.45) is 6.12. The van der Waals surface area contributed by atoms with Crippen molar-refractivity contribution in [3.8, 4) is 0 Å². The number of hydrogen-bond acceptors (Lipinski definition) is 3. The molecule has 1 aromatic heterocycles. The van der Waals surface area contributed by atoms with Gasteiger partial charge in [-0.15, -0.1) is 0 Å². The quantitative estimate of drug-likeness (QED) is 0.743. The zero-order valence-corrected chi connectivity index (χ0v) is 8.98. The highest BCUT2D eigenvalue weighted by atomic mass is 16.5. The molecule has 0 aromatic carbocycles. The van der Waals surface area contributed by atoms with Gasteiger partial charge in [-0.05, 0) is 43.5 Å². The van der Waals surface area contributed by atoms with Crippen LogP contribution in [0.3, 0.4) is 0 Å². The molecule has 1 aliphatic heterocycles. The molecular formula is C12H18N2O. The molecule has 82 valence electrons. The van der Waals surface area contributed by atoms with Gasteiger partial charge in [0, 0.05) is 19.0 Å². The summed E-state index contributed by atoms with van der Waals surface area (Å²) in [5.74, 6) is 0.818. The number of pyridine rings is 1. The molecule has 2 rings (SSSR count). The van der Waals surface area contributed by atoms with Crippen LogP contribution in [0.4, 0.5) is 0 Å². The fourth-order valence-electron chi connectivity index (χ4n) is 1.88. The predicted octanol–water partition coefficient (Wildman–Crippen LogP) is 1.60. The lowest BCUT2D eigenvalue weighted by Crippen LogP contribution is -2.10. The van der Waals surface area contributed by atoms with Crippen LogP contribution in [0.1, 0.15) is 18.4 Å². The van der Waals surface area contributed by atoms with E-state index in [0.29, 0.717) is 6.61 Å². The Labute approximate surface area is 90.9 Å². The van der Waals surface area contributed by atoms with Crippen LogP contribution < -0.4 is 5.32 Å². The Morgan fingerprint density at radius 1 is 1.53 bits per heavy atom. The second-order valence-corrected chi connectivity index (χ2v) is 4.06. The molecule has 0 spiro atoms. The van der Waals surface area contributed by atoms with Gasteiger partial charge in [0.25, 0.3) is 0 Å². The van der Waals surface area contributed by atoms with E-state index in [2.05, 4.69) is 10.3 Å². The third-order valence-electron chi connectivity index (χ3n) is 2.82. The van der Waals surface area contributed by atoms with Gasteiger partial charge in [-0.2, -0.15) is 0 Å². The number of aromatic nitrogens is 1. The van der Waals surface area contributed by atoms with Gasteiger partial charge >= 0.3 is 0 Å². The fourth-order valence-corrected chi connectivity index (χ4v) is 1.88. The number of hydrogen-bond donors (Lipinski definition) is 1. The Kier molecular flexibility index (Phi) is 4.11. The van der Waals surface area contributed by atoms with Crippen LogP contribution >= 0.6 is 0 Å². The lowest BCUT2D eigenvalue weighted by molar-refractivity contribution is 0.109. The zero-order valence-electron chi connectivity index (χ0n) is 8.98. The van der Waals surface area contributed by atoms with Gasteiger partial charge < -0.3 is 10.1 Å². The fraction of sp³-hybridized carbons (Fsp3) is 0.583. The summed E-state index contributed by atoms with van der Waals surface area (Å²) in [5.41, 5.74) is 1.15. The molecule has 0 bridgehead atoms. The normalized spacial score (nSPS) is 20.7. The van der Waals surface area contributed by atoms with Gasteiger partial charge in [-0.3, -0.25) is 4.98 Å². The minimum atomic E-state index is 0.688. The topological polar surface area (TPSA) is 34.1 Å². The first-order valence-electron chi connectivity index (χ1n) is 5.62. The van der Waals surface area contributed by atoms with Crippen LogP contribution in [0.25, 0.3) is 0 Å². The zero-order chi connectivity index (χ0) is 10.3. The van der Waals surface area contributed by atoms with E-state index in [1.54, 1.807) is 6.20 Å². The van der Waals surface area contributed by atoms with Crippen LogP contribution in [-0.4, -0.2) is 24.7 Å². The molecule has 2 heterocycles. The summed E-state index contributed by atoms with van der Waals surface area (Å²) >= 11 is 0. The van der Waals surface area contributed by atoms with Crippen LogP contribution in [-0.2, 0) is 11.3 Å². The number of nitrogens with zero attached hydrogens (tertiary/aromatic N) is 1. The SMILES string of the molecule is c1cncc(COCCC2CCNC2)c1. The highest BCUT2D eigenvalue weighted by molar-refractivity contribution is 5.06. The Bertz CT molecular complexity index is 270. The molecule has 0 saturated carbocycles. The van der Waals surface area contributed by atoms with Crippen molar-refractivity contribution in [1.82, 2.24) is 10.3 Å². The van der Waals surface area contributed by atoms with E-state index in [1.807, 2.05) is 18.3 Å². The van der Waals surface area contributed by atoms with Crippen molar-refractivity contribution in [3.05, 3.63) is 30.1 Å². The average molecular weight is 206 g/mol. The average Bonchev–Trinajstić information content (AvgIpc) is 2.79. The van der Waals surface area contributed by atoms with Crippen molar-refractivity contribution < 1.29 is 4.74 Å². The first-order valence-corrected chi connectivity index (χ1v) is 5.62. The monoisotopic (exact) mass is 206 g/mol. The van der Waals surface area contributed by atoms with Crippen molar-refractivity contribution in [2.45, 2.75) is 19.4 Å². The highest BCUT2D eigenvalue weighted by Crippen LogP contribution is 2.12. The smallest absolute Gasteiger partial charge is 0.0731 e. The van der Waals surface area contributed by atoms with Gasteiger partial charge in [0.15, 0.2) is 0 Å². The molecule has 3 nitrogen and oxygen atoms in total. The van der Waals surface area contributed by atoms with E-state index >= 15 is 0 Å². The Morgan fingerprint density at radius 2 is 2.53 bits per heavy atom. The molecule has 1 saturated heterocycles. The first kappa shape index (κ1) is 10.6. The van der Waals surface area contributed by atoms with Crippen molar-refractivity contribution in [1.29, 1.82) is 0 Å². The molecule has 1 aromatic rings. The molecule has 0 aliphatic carbocycles. The molecule has 0 radical (unpaired) electrons. The molecule has 1 unspecified atom stereocenters. The summed E-state index contributed by atoms with van der Waals surface area (Å²) in [5, 5.41) is 3.37. The summed E-state index contributed by atoms with van der Waals surface area (Å²) in [7, 11) is 0. The third-order valence-corrected chi connectivity index (χ3v) is 2.82. The van der Waals surface area contributed by atoms with Crippen LogP contribution in [0, 0.1) is 5.92 Å². The third kappa shape index (κ3) is 3.61. The Hall–Kier alpha value is -0.930. The second-order valence-electron chi connectivity index (χ2n) is 4.06. The minimum Gasteiger partial charge on any atom is -0.377 e. The van der Waals surface area contributed by atoms with Gasteiger partial charge in [-0.1, -0.05) is 6.07 Å². The number of nitrogens with one attached hydrogen (secondary N) is 1. The van der Waals surface area contributed by atoms with E-state index in [9.17, 15) is 0 Å². The van der Waals surface area contributed by atoms with Crippen LogP contribution in [0.2, 0.25) is 0 Å². The Morgan fingerprint density at radius 3 is 3.27 bits per heavy atom. The Balaban J connectivity index is 1.59. The summed E-state index contributed by atoms with van der Waals surface area (Å²) in [6.45, 7) is 3.89. The molecule has 1 fully saturated rings. The van der Waals surface area contributed by atoms with Crippen molar-refractivity contribution >= 4 is 0 Å². The van der Waals surface area contributed by atoms with E-state index in [0.717, 1.165) is 24.6 Å². The maximum atomic E-state index is 5.61. The van der Waals surface area contributed by atoms with E-state index in [4.69, 9.17) is 4.74 Å². The highest BCUT2D eigenvalue weighted by Gasteiger charge is 2.13. The van der Waals surface area contributed by atoms with Gasteiger partial charge in [-0.25, -0.2) is 0 Å². The first-order chi connectivity index (χ1) is 7.45. The maximum Gasteiger partial charge on any atom is 0.0731 e. The molecule has 3 heteroatoms. The maximum absolute atomic E-state index is 5.61. The van der Waals surface area contributed by atoms with E-state index in [1.165, 1.54) is 19.4 Å². The molecule has 1 aliphatic rings.